The molecule has 0 saturated heterocycles. The fourth-order valence-electron chi connectivity index (χ4n) is 3.10. The maximum absolute atomic E-state index is 11.7. The van der Waals surface area contributed by atoms with Gasteiger partial charge in [0.1, 0.15) is 11.9 Å². The number of hydrogen-bond acceptors (Lipinski definition) is 3. The second-order valence-corrected chi connectivity index (χ2v) is 5.63. The highest BCUT2D eigenvalue weighted by Crippen LogP contribution is 2.33. The van der Waals surface area contributed by atoms with Crippen LogP contribution in [-0.2, 0) is 9.59 Å². The van der Waals surface area contributed by atoms with Crippen LogP contribution in [0, 0.1) is 6.92 Å². The Kier molecular flexibility index (Phi) is 4.10. The number of carbonyl (C=O) groups excluding carboxylic acids is 2. The number of nitrogens with one attached hydrogen (secondary N) is 1. The Morgan fingerprint density at radius 1 is 1.35 bits per heavy atom. The lowest BCUT2D eigenvalue weighted by molar-refractivity contribution is -0.121. The quantitative estimate of drug-likeness (QED) is 0.737. The molecule has 1 aromatic carbocycles. The summed E-state index contributed by atoms with van der Waals surface area (Å²) in [7, 11) is 1.60. The lowest BCUT2D eigenvalue weighted by atomic mass is 10.1. The van der Waals surface area contributed by atoms with E-state index < -0.39 is 6.04 Å². The molecule has 23 heavy (non-hydrogen) atoms. The van der Waals surface area contributed by atoms with Gasteiger partial charge in [-0.25, -0.2) is 4.98 Å². The van der Waals surface area contributed by atoms with Gasteiger partial charge in [-0.1, -0.05) is 12.1 Å². The van der Waals surface area contributed by atoms with Gasteiger partial charge in [0.05, 0.1) is 11.6 Å². The number of aldehydes is 1. The molecule has 0 fully saturated rings. The molecule has 5 nitrogen and oxygen atoms in total. The van der Waals surface area contributed by atoms with E-state index in [0.29, 0.717) is 12.8 Å². The summed E-state index contributed by atoms with van der Waals surface area (Å²) in [6, 6.07) is 9.55. The highest BCUT2D eigenvalue weighted by molar-refractivity contribution is 6.08. The summed E-state index contributed by atoms with van der Waals surface area (Å²) in [5.74, 6) is -0.0678. The van der Waals surface area contributed by atoms with Crippen molar-refractivity contribution < 1.29 is 9.59 Å². The molecule has 3 aromatic rings. The minimum absolute atomic E-state index is 0.0678. The molecule has 0 aliphatic rings. The van der Waals surface area contributed by atoms with Crippen molar-refractivity contribution in [1.29, 1.82) is 0 Å². The Labute approximate surface area is 134 Å². The van der Waals surface area contributed by atoms with Gasteiger partial charge in [-0.2, -0.15) is 0 Å². The number of amides is 1. The molecule has 0 radical (unpaired) electrons. The number of benzene rings is 1. The predicted molar refractivity (Wildman–Crippen MR) is 90.4 cm³/mol. The first-order valence-electron chi connectivity index (χ1n) is 7.67. The van der Waals surface area contributed by atoms with E-state index in [1.807, 2.05) is 28.8 Å². The van der Waals surface area contributed by atoms with Gasteiger partial charge in [-0.15, -0.1) is 0 Å². The fraction of sp³-hybridized carbons (Fsp3) is 0.278. The molecule has 118 valence electrons. The standard InChI is InChI=1S/C18H19N3O2/c1-12-5-3-7-15-17(12)14-6-4-10-20-18(14)21(15)13(11-22)8-9-16(23)19-2/h3-7,10-11,13H,8-9H2,1-2H3,(H,19,23). The van der Waals surface area contributed by atoms with Gasteiger partial charge in [0.2, 0.25) is 5.91 Å². The highest BCUT2D eigenvalue weighted by atomic mass is 16.1. The topological polar surface area (TPSA) is 64.0 Å². The molecule has 3 rings (SSSR count). The van der Waals surface area contributed by atoms with Gasteiger partial charge >= 0.3 is 0 Å². The van der Waals surface area contributed by atoms with Crippen LogP contribution >= 0.6 is 0 Å². The number of carbonyl (C=O) groups is 2. The molecule has 0 aliphatic carbocycles. The average molecular weight is 309 g/mol. The Balaban J connectivity index is 2.19. The number of aromatic nitrogens is 2. The van der Waals surface area contributed by atoms with Crippen LogP contribution in [0.15, 0.2) is 36.5 Å². The van der Waals surface area contributed by atoms with Gasteiger partial charge in [-0.3, -0.25) is 4.79 Å². The zero-order valence-electron chi connectivity index (χ0n) is 13.2. The molecule has 1 unspecified atom stereocenters. The van der Waals surface area contributed by atoms with E-state index >= 15 is 0 Å². The smallest absolute Gasteiger partial charge is 0.219 e. The molecule has 2 heterocycles. The number of hydrogen-bond donors (Lipinski definition) is 1. The monoisotopic (exact) mass is 309 g/mol. The summed E-state index contributed by atoms with van der Waals surface area (Å²) in [5.41, 5.74) is 2.91. The van der Waals surface area contributed by atoms with E-state index in [-0.39, 0.29) is 5.91 Å². The zero-order chi connectivity index (χ0) is 16.4. The fourth-order valence-corrected chi connectivity index (χ4v) is 3.10. The van der Waals surface area contributed by atoms with Crippen LogP contribution in [-0.4, -0.2) is 28.8 Å². The third kappa shape index (κ3) is 2.59. The van der Waals surface area contributed by atoms with E-state index in [4.69, 9.17) is 0 Å². The molecule has 0 saturated carbocycles. The van der Waals surface area contributed by atoms with Crippen molar-refractivity contribution in [1.82, 2.24) is 14.9 Å². The number of pyridine rings is 1. The highest BCUT2D eigenvalue weighted by Gasteiger charge is 2.20. The van der Waals surface area contributed by atoms with Gasteiger partial charge < -0.3 is 14.7 Å². The van der Waals surface area contributed by atoms with E-state index in [2.05, 4.69) is 23.3 Å². The summed E-state index contributed by atoms with van der Waals surface area (Å²) in [5, 5.41) is 4.74. The Bertz CT molecular complexity index is 882. The number of aryl methyl sites for hydroxylation is 1. The molecule has 5 heteroatoms. The minimum Gasteiger partial charge on any atom is -0.359 e. The molecular formula is C18H19N3O2. The molecule has 0 aliphatic heterocycles. The number of fused-ring (bicyclic) bond motifs is 3. The first kappa shape index (κ1) is 15.2. The number of nitrogens with zero attached hydrogens (tertiary/aromatic N) is 2. The van der Waals surface area contributed by atoms with E-state index in [9.17, 15) is 9.59 Å². The maximum atomic E-state index is 11.7. The van der Waals surface area contributed by atoms with E-state index in [0.717, 1.165) is 33.8 Å². The first-order valence-corrected chi connectivity index (χ1v) is 7.67. The molecule has 1 atom stereocenters. The molecule has 1 N–H and O–H groups in total. The van der Waals surface area contributed by atoms with E-state index in [1.54, 1.807) is 13.2 Å². The summed E-state index contributed by atoms with van der Waals surface area (Å²) in [6.07, 6.45) is 3.39. The normalized spacial score (nSPS) is 12.4. The van der Waals surface area contributed by atoms with Crippen LogP contribution in [0.25, 0.3) is 21.9 Å². The van der Waals surface area contributed by atoms with Crippen LogP contribution in [0.2, 0.25) is 0 Å². The van der Waals surface area contributed by atoms with Crippen LogP contribution < -0.4 is 5.32 Å². The zero-order valence-corrected chi connectivity index (χ0v) is 13.2. The molecule has 2 aromatic heterocycles. The lowest BCUT2D eigenvalue weighted by Gasteiger charge is -2.14. The summed E-state index contributed by atoms with van der Waals surface area (Å²) in [6.45, 7) is 2.06. The first-order chi connectivity index (χ1) is 11.2. The summed E-state index contributed by atoms with van der Waals surface area (Å²) < 4.78 is 1.95. The van der Waals surface area contributed by atoms with Gasteiger partial charge in [0.15, 0.2) is 0 Å². The van der Waals surface area contributed by atoms with Crippen molar-refractivity contribution in [2.75, 3.05) is 7.05 Å². The Morgan fingerprint density at radius 3 is 2.91 bits per heavy atom. The third-order valence-corrected chi connectivity index (χ3v) is 4.23. The third-order valence-electron chi connectivity index (χ3n) is 4.23. The second kappa shape index (κ2) is 6.20. The van der Waals surface area contributed by atoms with Gasteiger partial charge in [-0.05, 0) is 37.1 Å². The van der Waals surface area contributed by atoms with E-state index in [1.165, 1.54) is 0 Å². The molecule has 1 amide bonds. The van der Waals surface area contributed by atoms with Crippen molar-refractivity contribution >= 4 is 34.1 Å². The van der Waals surface area contributed by atoms with Crippen LogP contribution in [0.3, 0.4) is 0 Å². The Hall–Kier alpha value is -2.69. The van der Waals surface area contributed by atoms with Gasteiger partial charge in [0.25, 0.3) is 0 Å². The van der Waals surface area contributed by atoms with Gasteiger partial charge in [0, 0.05) is 30.4 Å². The SMILES string of the molecule is CNC(=O)CCC(C=O)n1c2cccc(C)c2c2cccnc21. The molecule has 0 spiro atoms. The summed E-state index contributed by atoms with van der Waals surface area (Å²) >= 11 is 0. The average Bonchev–Trinajstić information content (AvgIpc) is 2.91. The Morgan fingerprint density at radius 2 is 2.17 bits per heavy atom. The van der Waals surface area contributed by atoms with Crippen LogP contribution in [0.4, 0.5) is 0 Å². The van der Waals surface area contributed by atoms with Crippen molar-refractivity contribution in [2.24, 2.45) is 0 Å². The van der Waals surface area contributed by atoms with Crippen molar-refractivity contribution in [3.8, 4) is 0 Å². The van der Waals surface area contributed by atoms with Crippen molar-refractivity contribution in [3.05, 3.63) is 42.1 Å². The van der Waals surface area contributed by atoms with Crippen molar-refractivity contribution in [2.45, 2.75) is 25.8 Å². The molecular weight excluding hydrogens is 290 g/mol. The maximum Gasteiger partial charge on any atom is 0.219 e. The second-order valence-electron chi connectivity index (χ2n) is 5.63. The largest absolute Gasteiger partial charge is 0.359 e. The minimum atomic E-state index is -0.413. The van der Waals surface area contributed by atoms with Crippen LogP contribution in [0.5, 0.6) is 0 Å². The summed E-state index contributed by atoms with van der Waals surface area (Å²) in [4.78, 5) is 27.7. The molecule has 0 bridgehead atoms. The predicted octanol–water partition coefficient (Wildman–Crippen LogP) is 2.76. The number of rotatable bonds is 5. The lowest BCUT2D eigenvalue weighted by Crippen LogP contribution is -2.20. The van der Waals surface area contributed by atoms with Crippen LogP contribution in [0.1, 0.15) is 24.4 Å². The van der Waals surface area contributed by atoms with Crippen molar-refractivity contribution in [3.63, 3.8) is 0 Å².